The van der Waals surface area contributed by atoms with Crippen molar-refractivity contribution in [2.75, 3.05) is 0 Å². The van der Waals surface area contributed by atoms with Crippen LogP contribution in [-0.4, -0.2) is 6.18 Å². The van der Waals surface area contributed by atoms with Crippen LogP contribution in [-0.2, 0) is 6.42 Å². The van der Waals surface area contributed by atoms with E-state index in [0.29, 0.717) is 5.92 Å². The average molecular weight is 268 g/mol. The second-order valence-corrected chi connectivity index (χ2v) is 4.36. The second-order valence-electron chi connectivity index (χ2n) is 4.36. The summed E-state index contributed by atoms with van der Waals surface area (Å²) in [7, 11) is 0. The molecule has 1 nitrogen and oxygen atoms in total. The quantitative estimate of drug-likeness (QED) is 0.884. The molecule has 1 aromatic carbocycles. The Morgan fingerprint density at radius 1 is 1.24 bits per heavy atom. The Morgan fingerprint density at radius 3 is 2.29 bits per heavy atom. The van der Waals surface area contributed by atoms with E-state index in [1.165, 1.54) is 12.1 Å². The van der Waals surface area contributed by atoms with E-state index in [4.69, 9.17) is 5.73 Å². The molecule has 1 atom stereocenters. The molecule has 17 heavy (non-hydrogen) atoms. The number of alkyl halides is 3. The van der Waals surface area contributed by atoms with E-state index in [1.54, 1.807) is 6.07 Å². The smallest absolute Gasteiger partial charge is 0.316 e. The SMILES string of the molecule is CC(C)Cc1cccc([C@@H](N)C(F)(F)F)c1.Cl. The third kappa shape index (κ3) is 4.96. The number of benzene rings is 1. The molecule has 0 spiro atoms. The maximum absolute atomic E-state index is 12.4. The lowest BCUT2D eigenvalue weighted by molar-refractivity contribution is -0.149. The molecule has 5 heteroatoms. The Kier molecular flexibility index (Phi) is 5.99. The van der Waals surface area contributed by atoms with Gasteiger partial charge in [0.05, 0.1) is 0 Å². The van der Waals surface area contributed by atoms with Crippen molar-refractivity contribution in [2.45, 2.75) is 32.5 Å². The zero-order valence-corrected chi connectivity index (χ0v) is 10.6. The fourth-order valence-electron chi connectivity index (χ4n) is 1.57. The largest absolute Gasteiger partial charge is 0.407 e. The van der Waals surface area contributed by atoms with Gasteiger partial charge in [-0.1, -0.05) is 38.1 Å². The highest BCUT2D eigenvalue weighted by Crippen LogP contribution is 2.30. The molecule has 0 aromatic heterocycles. The van der Waals surface area contributed by atoms with Gasteiger partial charge in [-0.2, -0.15) is 13.2 Å². The molecule has 0 fully saturated rings. The highest BCUT2D eigenvalue weighted by atomic mass is 35.5. The van der Waals surface area contributed by atoms with Gasteiger partial charge in [-0.25, -0.2) is 0 Å². The Morgan fingerprint density at radius 2 is 1.82 bits per heavy atom. The van der Waals surface area contributed by atoms with Crippen LogP contribution in [0.3, 0.4) is 0 Å². The third-order valence-corrected chi connectivity index (χ3v) is 2.31. The highest BCUT2D eigenvalue weighted by molar-refractivity contribution is 5.85. The van der Waals surface area contributed by atoms with Crippen LogP contribution in [0.4, 0.5) is 13.2 Å². The Bertz CT molecular complexity index is 350. The first kappa shape index (κ1) is 16.3. The van der Waals surface area contributed by atoms with Gasteiger partial charge in [-0.05, 0) is 23.5 Å². The van der Waals surface area contributed by atoms with Gasteiger partial charge >= 0.3 is 6.18 Å². The normalized spacial score (nSPS) is 13.4. The van der Waals surface area contributed by atoms with E-state index in [9.17, 15) is 13.2 Å². The molecule has 0 saturated heterocycles. The molecule has 0 saturated carbocycles. The number of rotatable bonds is 3. The molecule has 1 aromatic rings. The molecule has 0 amide bonds. The molecule has 2 N–H and O–H groups in total. The summed E-state index contributed by atoms with van der Waals surface area (Å²) in [5, 5.41) is 0. The first-order valence-electron chi connectivity index (χ1n) is 5.22. The van der Waals surface area contributed by atoms with Crippen LogP contribution in [0.5, 0.6) is 0 Å². The average Bonchev–Trinajstić information content (AvgIpc) is 2.14. The van der Waals surface area contributed by atoms with Crippen LogP contribution >= 0.6 is 12.4 Å². The molecule has 0 bridgehead atoms. The lowest BCUT2D eigenvalue weighted by atomic mass is 9.98. The summed E-state index contributed by atoms with van der Waals surface area (Å²) >= 11 is 0. The molecule has 1 rings (SSSR count). The van der Waals surface area contributed by atoms with E-state index in [0.717, 1.165) is 12.0 Å². The van der Waals surface area contributed by atoms with Crippen molar-refractivity contribution in [3.05, 3.63) is 35.4 Å². The van der Waals surface area contributed by atoms with Gasteiger partial charge in [0.15, 0.2) is 0 Å². The first-order chi connectivity index (χ1) is 7.30. The highest BCUT2D eigenvalue weighted by Gasteiger charge is 2.37. The van der Waals surface area contributed by atoms with Gasteiger partial charge < -0.3 is 5.73 Å². The fourth-order valence-corrected chi connectivity index (χ4v) is 1.57. The van der Waals surface area contributed by atoms with Gasteiger partial charge in [0, 0.05) is 0 Å². The molecule has 98 valence electrons. The van der Waals surface area contributed by atoms with Crippen molar-refractivity contribution in [1.29, 1.82) is 0 Å². The molecular weight excluding hydrogens is 251 g/mol. The Hall–Kier alpha value is -0.740. The maximum atomic E-state index is 12.4. The molecule has 0 aliphatic heterocycles. The minimum atomic E-state index is -4.38. The van der Waals surface area contributed by atoms with E-state index in [1.807, 2.05) is 19.9 Å². The number of nitrogens with two attached hydrogens (primary N) is 1. The van der Waals surface area contributed by atoms with Crippen LogP contribution < -0.4 is 5.73 Å². The summed E-state index contributed by atoms with van der Waals surface area (Å²) in [4.78, 5) is 0. The summed E-state index contributed by atoms with van der Waals surface area (Å²) in [6, 6.07) is 4.52. The monoisotopic (exact) mass is 267 g/mol. The van der Waals surface area contributed by atoms with Crippen LogP contribution in [0.25, 0.3) is 0 Å². The van der Waals surface area contributed by atoms with Gasteiger partial charge in [0.1, 0.15) is 6.04 Å². The molecular formula is C12H17ClF3N. The van der Waals surface area contributed by atoms with Crippen molar-refractivity contribution in [2.24, 2.45) is 11.7 Å². The molecule has 0 aliphatic carbocycles. The number of halogens is 4. The van der Waals surface area contributed by atoms with Crippen molar-refractivity contribution < 1.29 is 13.2 Å². The summed E-state index contributed by atoms with van der Waals surface area (Å²) in [6.45, 7) is 4.05. The first-order valence-corrected chi connectivity index (χ1v) is 5.22. The van der Waals surface area contributed by atoms with Gasteiger partial charge in [-0.3, -0.25) is 0 Å². The fraction of sp³-hybridized carbons (Fsp3) is 0.500. The zero-order chi connectivity index (χ0) is 12.3. The predicted octanol–water partition coefficient (Wildman–Crippen LogP) is 3.87. The van der Waals surface area contributed by atoms with Crippen molar-refractivity contribution >= 4 is 12.4 Å². The topological polar surface area (TPSA) is 26.0 Å². The van der Waals surface area contributed by atoms with Gasteiger partial charge in [-0.15, -0.1) is 12.4 Å². The minimum absolute atomic E-state index is 0. The van der Waals surface area contributed by atoms with E-state index < -0.39 is 12.2 Å². The second kappa shape index (κ2) is 6.26. The zero-order valence-electron chi connectivity index (χ0n) is 9.79. The number of hydrogen-bond acceptors (Lipinski definition) is 1. The van der Waals surface area contributed by atoms with Crippen LogP contribution in [0.1, 0.15) is 31.0 Å². The van der Waals surface area contributed by atoms with Crippen LogP contribution in [0.15, 0.2) is 24.3 Å². The minimum Gasteiger partial charge on any atom is -0.316 e. The molecule has 0 aliphatic rings. The summed E-state index contributed by atoms with van der Waals surface area (Å²) in [5.41, 5.74) is 6.17. The van der Waals surface area contributed by atoms with Gasteiger partial charge in [0.25, 0.3) is 0 Å². The Labute approximate surface area is 106 Å². The lowest BCUT2D eigenvalue weighted by Crippen LogP contribution is -2.28. The summed E-state index contributed by atoms with van der Waals surface area (Å²) in [5.74, 6) is 0.414. The molecule has 0 heterocycles. The maximum Gasteiger partial charge on any atom is 0.407 e. The van der Waals surface area contributed by atoms with Crippen molar-refractivity contribution in [3.8, 4) is 0 Å². The van der Waals surface area contributed by atoms with Crippen molar-refractivity contribution in [3.63, 3.8) is 0 Å². The standard InChI is InChI=1S/C12H16F3N.ClH/c1-8(2)6-9-4-3-5-10(7-9)11(16)12(13,14)15;/h3-5,7-8,11H,6,16H2,1-2H3;1H/t11-;/m1./s1. The van der Waals surface area contributed by atoms with E-state index >= 15 is 0 Å². The predicted molar refractivity (Wildman–Crippen MR) is 65.2 cm³/mol. The van der Waals surface area contributed by atoms with E-state index in [2.05, 4.69) is 0 Å². The Balaban J connectivity index is 0.00000256. The molecule has 0 radical (unpaired) electrons. The summed E-state index contributed by atoms with van der Waals surface area (Å²) < 4.78 is 37.2. The molecule has 0 unspecified atom stereocenters. The lowest BCUT2D eigenvalue weighted by Gasteiger charge is -2.17. The third-order valence-electron chi connectivity index (χ3n) is 2.31. The van der Waals surface area contributed by atoms with Crippen molar-refractivity contribution in [1.82, 2.24) is 0 Å². The van der Waals surface area contributed by atoms with E-state index in [-0.39, 0.29) is 18.0 Å². The number of hydrogen-bond donors (Lipinski definition) is 1. The van der Waals surface area contributed by atoms with Gasteiger partial charge in [0.2, 0.25) is 0 Å². The summed E-state index contributed by atoms with van der Waals surface area (Å²) in [6.07, 6.45) is -3.62. The van der Waals surface area contributed by atoms with Crippen LogP contribution in [0, 0.1) is 5.92 Å². The van der Waals surface area contributed by atoms with Crippen LogP contribution in [0.2, 0.25) is 0 Å².